The molecule has 0 spiro atoms. The van der Waals surface area contributed by atoms with Crippen LogP contribution in [0.2, 0.25) is 5.02 Å². The fraction of sp³-hybridized carbons (Fsp3) is 0.500. The summed E-state index contributed by atoms with van der Waals surface area (Å²) < 4.78 is 29.9. The molecule has 1 aromatic rings. The number of nitrogens with one attached hydrogen (secondary N) is 1. The van der Waals surface area contributed by atoms with Crippen LogP contribution in [0.5, 0.6) is 5.75 Å². The molecule has 2 rings (SSSR count). The van der Waals surface area contributed by atoms with Crippen LogP contribution in [-0.4, -0.2) is 24.2 Å². The molecule has 0 amide bonds. The van der Waals surface area contributed by atoms with Crippen LogP contribution in [0, 0.1) is 0 Å². The zero-order chi connectivity index (χ0) is 13.8. The summed E-state index contributed by atoms with van der Waals surface area (Å²) in [6.45, 7) is -2.86. The minimum absolute atomic E-state index is 0.106. The van der Waals surface area contributed by atoms with E-state index in [1.807, 2.05) is 11.8 Å². The van der Waals surface area contributed by atoms with Gasteiger partial charge in [-0.25, -0.2) is 0 Å². The molecule has 1 unspecified atom stereocenters. The SMILES string of the molecule is FC(F)Oc1c(Br)cc(Cl)cc1NC1CCCSC1. The molecule has 1 aliphatic heterocycles. The molecule has 0 aromatic heterocycles. The first-order chi connectivity index (χ1) is 9.06. The maximum Gasteiger partial charge on any atom is 0.387 e. The van der Waals surface area contributed by atoms with Crippen molar-refractivity contribution < 1.29 is 13.5 Å². The Labute approximate surface area is 128 Å². The predicted octanol–water partition coefficient (Wildman–Crippen LogP) is 5.01. The average Bonchev–Trinajstić information content (AvgIpc) is 2.34. The molecule has 19 heavy (non-hydrogen) atoms. The molecule has 0 bridgehead atoms. The van der Waals surface area contributed by atoms with Gasteiger partial charge in [0.25, 0.3) is 0 Å². The third kappa shape index (κ3) is 4.39. The van der Waals surface area contributed by atoms with Crippen LogP contribution < -0.4 is 10.1 Å². The number of hydrogen-bond acceptors (Lipinski definition) is 3. The Morgan fingerprint density at radius 1 is 1.47 bits per heavy atom. The van der Waals surface area contributed by atoms with Crippen molar-refractivity contribution in [2.24, 2.45) is 0 Å². The Balaban J connectivity index is 2.20. The highest BCUT2D eigenvalue weighted by atomic mass is 79.9. The van der Waals surface area contributed by atoms with Gasteiger partial charge in [-0.2, -0.15) is 20.5 Å². The molecule has 1 aromatic carbocycles. The van der Waals surface area contributed by atoms with Crippen molar-refractivity contribution in [2.75, 3.05) is 16.8 Å². The van der Waals surface area contributed by atoms with Crippen molar-refractivity contribution >= 4 is 45.0 Å². The van der Waals surface area contributed by atoms with Crippen LogP contribution in [0.1, 0.15) is 12.8 Å². The first-order valence-corrected chi connectivity index (χ1v) is 8.17. The molecule has 0 aliphatic carbocycles. The largest absolute Gasteiger partial charge is 0.431 e. The van der Waals surface area contributed by atoms with Gasteiger partial charge in [0.15, 0.2) is 5.75 Å². The standard InChI is InChI=1S/C12H13BrClF2NOS/c13-9-4-7(14)5-10(11(9)18-12(15)16)17-8-2-1-3-19-6-8/h4-5,8,12,17H,1-3,6H2. The normalized spacial score (nSPS) is 19.5. The molecule has 1 heterocycles. The lowest BCUT2D eigenvalue weighted by Gasteiger charge is -2.25. The van der Waals surface area contributed by atoms with Crippen LogP contribution in [0.3, 0.4) is 0 Å². The first-order valence-electron chi connectivity index (χ1n) is 5.84. The molecule has 1 fully saturated rings. The highest BCUT2D eigenvalue weighted by Gasteiger charge is 2.19. The first kappa shape index (κ1) is 15.2. The minimum Gasteiger partial charge on any atom is -0.431 e. The predicted molar refractivity (Wildman–Crippen MR) is 79.8 cm³/mol. The maximum atomic E-state index is 12.5. The zero-order valence-electron chi connectivity index (χ0n) is 9.97. The van der Waals surface area contributed by atoms with Crippen LogP contribution in [0.4, 0.5) is 14.5 Å². The molecule has 7 heteroatoms. The summed E-state index contributed by atoms with van der Waals surface area (Å²) in [6.07, 6.45) is 2.14. The Kier molecular flexibility index (Phi) is 5.59. The Bertz CT molecular complexity index is 444. The van der Waals surface area contributed by atoms with Crippen molar-refractivity contribution in [2.45, 2.75) is 25.5 Å². The summed E-state index contributed by atoms with van der Waals surface area (Å²) in [6, 6.07) is 3.41. The lowest BCUT2D eigenvalue weighted by Crippen LogP contribution is -2.26. The van der Waals surface area contributed by atoms with Gasteiger partial charge in [0.05, 0.1) is 10.2 Å². The molecular weight excluding hydrogens is 360 g/mol. The number of rotatable bonds is 4. The molecule has 1 saturated heterocycles. The number of alkyl halides is 2. The van der Waals surface area contributed by atoms with E-state index in [1.54, 1.807) is 12.1 Å². The quantitative estimate of drug-likeness (QED) is 0.802. The van der Waals surface area contributed by atoms with Crippen molar-refractivity contribution in [3.8, 4) is 5.75 Å². The van der Waals surface area contributed by atoms with E-state index in [2.05, 4.69) is 26.0 Å². The molecule has 1 atom stereocenters. The third-order valence-corrected chi connectivity index (χ3v) is 4.76. The minimum atomic E-state index is -2.86. The van der Waals surface area contributed by atoms with Crippen LogP contribution in [-0.2, 0) is 0 Å². The number of thioether (sulfide) groups is 1. The summed E-state index contributed by atoms with van der Waals surface area (Å²) >= 11 is 11.0. The molecule has 1 aliphatic rings. The van der Waals surface area contributed by atoms with Gasteiger partial charge in [-0.15, -0.1) is 0 Å². The van der Waals surface area contributed by atoms with Crippen molar-refractivity contribution in [3.63, 3.8) is 0 Å². The summed E-state index contributed by atoms with van der Waals surface area (Å²) in [5.74, 6) is 2.21. The van der Waals surface area contributed by atoms with Crippen molar-refractivity contribution in [1.82, 2.24) is 0 Å². The summed E-state index contributed by atoms with van der Waals surface area (Å²) in [7, 11) is 0. The van der Waals surface area contributed by atoms with Gasteiger partial charge in [0.1, 0.15) is 0 Å². The number of anilines is 1. The van der Waals surface area contributed by atoms with E-state index in [-0.39, 0.29) is 11.8 Å². The van der Waals surface area contributed by atoms with Crippen LogP contribution in [0.25, 0.3) is 0 Å². The number of hydrogen-bond donors (Lipinski definition) is 1. The van der Waals surface area contributed by atoms with Gasteiger partial charge >= 0.3 is 6.61 Å². The second-order valence-corrected chi connectivity index (χ2v) is 6.64. The number of ether oxygens (including phenoxy) is 1. The van der Waals surface area contributed by atoms with Gasteiger partial charge in [0, 0.05) is 16.8 Å². The van der Waals surface area contributed by atoms with E-state index >= 15 is 0 Å². The van der Waals surface area contributed by atoms with E-state index in [1.165, 1.54) is 0 Å². The summed E-state index contributed by atoms with van der Waals surface area (Å²) in [5, 5.41) is 3.71. The van der Waals surface area contributed by atoms with Gasteiger partial charge in [-0.1, -0.05) is 11.6 Å². The zero-order valence-corrected chi connectivity index (χ0v) is 13.1. The summed E-state index contributed by atoms with van der Waals surface area (Å²) in [4.78, 5) is 0. The van der Waals surface area contributed by atoms with E-state index < -0.39 is 6.61 Å². The topological polar surface area (TPSA) is 21.3 Å². The van der Waals surface area contributed by atoms with Gasteiger partial charge < -0.3 is 10.1 Å². The van der Waals surface area contributed by atoms with Gasteiger partial charge in [-0.05, 0) is 46.7 Å². The molecule has 0 saturated carbocycles. The van der Waals surface area contributed by atoms with E-state index in [9.17, 15) is 8.78 Å². The fourth-order valence-electron chi connectivity index (χ4n) is 1.95. The second-order valence-electron chi connectivity index (χ2n) is 4.20. The third-order valence-electron chi connectivity index (χ3n) is 2.74. The maximum absolute atomic E-state index is 12.5. The molecular formula is C12H13BrClF2NOS. The molecule has 0 radical (unpaired) electrons. The van der Waals surface area contributed by atoms with E-state index in [0.29, 0.717) is 15.2 Å². The van der Waals surface area contributed by atoms with E-state index in [4.69, 9.17) is 11.6 Å². The van der Waals surface area contributed by atoms with Crippen LogP contribution >= 0.6 is 39.3 Å². The highest BCUT2D eigenvalue weighted by Crippen LogP contribution is 2.38. The Morgan fingerprint density at radius 3 is 2.89 bits per heavy atom. The Hall–Kier alpha value is -0.200. The molecule has 2 nitrogen and oxygen atoms in total. The lowest BCUT2D eigenvalue weighted by atomic mass is 10.1. The molecule has 1 N–H and O–H groups in total. The van der Waals surface area contributed by atoms with Gasteiger partial charge in [0.2, 0.25) is 0 Å². The van der Waals surface area contributed by atoms with E-state index in [0.717, 1.165) is 24.3 Å². The lowest BCUT2D eigenvalue weighted by molar-refractivity contribution is -0.0498. The van der Waals surface area contributed by atoms with Crippen molar-refractivity contribution in [3.05, 3.63) is 21.6 Å². The van der Waals surface area contributed by atoms with Gasteiger partial charge in [-0.3, -0.25) is 0 Å². The second kappa shape index (κ2) is 6.99. The average molecular weight is 373 g/mol. The van der Waals surface area contributed by atoms with Crippen molar-refractivity contribution in [1.29, 1.82) is 0 Å². The molecule has 106 valence electrons. The number of halogens is 4. The van der Waals surface area contributed by atoms with Crippen LogP contribution in [0.15, 0.2) is 16.6 Å². The Morgan fingerprint density at radius 2 is 2.26 bits per heavy atom. The number of benzene rings is 1. The smallest absolute Gasteiger partial charge is 0.387 e. The summed E-state index contributed by atoms with van der Waals surface area (Å²) in [5.41, 5.74) is 0.507. The highest BCUT2D eigenvalue weighted by molar-refractivity contribution is 9.10. The monoisotopic (exact) mass is 371 g/mol. The fourth-order valence-corrected chi connectivity index (χ4v) is 3.93.